The van der Waals surface area contributed by atoms with E-state index >= 15 is 0 Å². The van der Waals surface area contributed by atoms with E-state index in [4.69, 9.17) is 9.15 Å². The van der Waals surface area contributed by atoms with E-state index in [9.17, 15) is 13.2 Å². The largest absolute Gasteiger partial charge is 0.459 e. The zero-order valence-corrected chi connectivity index (χ0v) is 14.7. The predicted molar refractivity (Wildman–Crippen MR) is 88.1 cm³/mol. The second kappa shape index (κ2) is 6.85. The molecule has 1 aromatic heterocycles. The molecule has 0 aliphatic carbocycles. The van der Waals surface area contributed by atoms with Crippen molar-refractivity contribution in [3.8, 4) is 0 Å². The van der Waals surface area contributed by atoms with Crippen LogP contribution in [-0.4, -0.2) is 57.3 Å². The molecule has 0 bridgehead atoms. The Labute approximate surface area is 142 Å². The monoisotopic (exact) mass is 356 g/mol. The van der Waals surface area contributed by atoms with Crippen LogP contribution in [0, 0.1) is 5.92 Å². The van der Waals surface area contributed by atoms with Gasteiger partial charge in [0.1, 0.15) is 0 Å². The molecule has 0 aromatic carbocycles. The summed E-state index contributed by atoms with van der Waals surface area (Å²) in [6, 6.07) is 3.39. The maximum Gasteiger partial charge on any atom is 0.289 e. The Balaban J connectivity index is 1.55. The first-order chi connectivity index (χ1) is 11.4. The zero-order valence-electron chi connectivity index (χ0n) is 13.9. The molecular weight excluding hydrogens is 332 g/mol. The molecule has 134 valence electrons. The van der Waals surface area contributed by atoms with E-state index in [-0.39, 0.29) is 17.4 Å². The van der Waals surface area contributed by atoms with Crippen molar-refractivity contribution < 1.29 is 22.4 Å². The number of rotatable bonds is 4. The third-order valence-corrected chi connectivity index (χ3v) is 5.61. The van der Waals surface area contributed by atoms with Gasteiger partial charge in [0.25, 0.3) is 5.91 Å². The number of nitrogens with zero attached hydrogens (tertiary/aromatic N) is 1. The molecule has 3 heterocycles. The molecule has 7 nitrogen and oxygen atoms in total. The van der Waals surface area contributed by atoms with Crippen LogP contribution in [-0.2, 0) is 14.8 Å². The van der Waals surface area contributed by atoms with Gasteiger partial charge in [-0.3, -0.25) is 4.79 Å². The van der Waals surface area contributed by atoms with Crippen LogP contribution in [0.2, 0.25) is 0 Å². The Morgan fingerprint density at radius 3 is 2.79 bits per heavy atom. The molecule has 24 heavy (non-hydrogen) atoms. The van der Waals surface area contributed by atoms with E-state index in [1.54, 1.807) is 17.0 Å². The first-order valence-corrected chi connectivity index (χ1v) is 10.2. The molecule has 0 radical (unpaired) electrons. The summed E-state index contributed by atoms with van der Waals surface area (Å²) in [5.74, 6) is 0.562. The van der Waals surface area contributed by atoms with Crippen molar-refractivity contribution >= 4 is 15.9 Å². The second-order valence-corrected chi connectivity index (χ2v) is 8.61. The fourth-order valence-corrected chi connectivity index (χ4v) is 4.13. The summed E-state index contributed by atoms with van der Waals surface area (Å²) in [5.41, 5.74) is -0.234. The number of carbonyl (C=O) groups is 1. The van der Waals surface area contributed by atoms with Crippen LogP contribution < -0.4 is 4.72 Å². The minimum atomic E-state index is -3.17. The summed E-state index contributed by atoms with van der Waals surface area (Å²) in [4.78, 5) is 14.1. The third kappa shape index (κ3) is 4.17. The highest BCUT2D eigenvalue weighted by Crippen LogP contribution is 2.37. The second-order valence-electron chi connectivity index (χ2n) is 6.78. The topological polar surface area (TPSA) is 88.9 Å². The molecule has 8 heteroatoms. The maximum absolute atomic E-state index is 12.3. The van der Waals surface area contributed by atoms with Gasteiger partial charge in [-0.1, -0.05) is 0 Å². The molecule has 2 aliphatic rings. The zero-order chi connectivity index (χ0) is 17.2. The molecule has 1 unspecified atom stereocenters. The molecule has 1 atom stereocenters. The van der Waals surface area contributed by atoms with Crippen molar-refractivity contribution in [2.45, 2.75) is 31.3 Å². The van der Waals surface area contributed by atoms with Gasteiger partial charge >= 0.3 is 0 Å². The first kappa shape index (κ1) is 17.4. The third-order valence-electron chi connectivity index (χ3n) is 4.92. The number of carbonyl (C=O) groups excluding carboxylic acids is 1. The highest BCUT2D eigenvalue weighted by molar-refractivity contribution is 7.88. The molecule has 0 saturated carbocycles. The smallest absolute Gasteiger partial charge is 0.289 e. The van der Waals surface area contributed by atoms with E-state index in [0.29, 0.717) is 32.0 Å². The van der Waals surface area contributed by atoms with E-state index in [2.05, 4.69) is 4.72 Å². The summed E-state index contributed by atoms with van der Waals surface area (Å²) in [7, 11) is -3.17. The highest BCUT2D eigenvalue weighted by Gasteiger charge is 2.41. The van der Waals surface area contributed by atoms with Crippen molar-refractivity contribution in [1.82, 2.24) is 9.62 Å². The number of ether oxygens (including phenoxy) is 1. The Morgan fingerprint density at radius 1 is 1.42 bits per heavy atom. The number of likely N-dealkylation sites (tertiary alicyclic amines) is 1. The molecule has 2 fully saturated rings. The minimum absolute atomic E-state index is 0.0825. The lowest BCUT2D eigenvalue weighted by molar-refractivity contribution is -0.122. The fraction of sp³-hybridized carbons (Fsp3) is 0.688. The van der Waals surface area contributed by atoms with Crippen molar-refractivity contribution in [2.24, 2.45) is 5.92 Å². The Morgan fingerprint density at radius 2 is 2.17 bits per heavy atom. The standard InChI is InChI=1S/C16H24N2O5S/c1-24(20,21)17-12-13-4-10-23-16(11-13)5-7-18(8-6-16)15(19)14-3-2-9-22-14/h2-3,9,13,17H,4-8,10-12H2,1H3. The Hall–Kier alpha value is -1.38. The van der Waals surface area contributed by atoms with Crippen molar-refractivity contribution in [2.75, 3.05) is 32.5 Å². The molecule has 1 spiro atoms. The Kier molecular flexibility index (Phi) is 4.98. The lowest BCUT2D eigenvalue weighted by Crippen LogP contribution is -2.51. The molecule has 3 rings (SSSR count). The minimum Gasteiger partial charge on any atom is -0.459 e. The summed E-state index contributed by atoms with van der Waals surface area (Å²) >= 11 is 0. The van der Waals surface area contributed by atoms with Gasteiger partial charge in [0.05, 0.1) is 18.1 Å². The summed E-state index contributed by atoms with van der Waals surface area (Å²) < 4.78 is 36.4. The van der Waals surface area contributed by atoms with Crippen LogP contribution in [0.15, 0.2) is 22.8 Å². The number of furan rings is 1. The lowest BCUT2D eigenvalue weighted by atomic mass is 9.79. The summed E-state index contributed by atoms with van der Waals surface area (Å²) in [6.45, 7) is 2.36. The fourth-order valence-electron chi connectivity index (χ4n) is 3.59. The van der Waals surface area contributed by atoms with Crippen molar-refractivity contribution in [3.05, 3.63) is 24.2 Å². The number of amides is 1. The van der Waals surface area contributed by atoms with Crippen LogP contribution >= 0.6 is 0 Å². The SMILES string of the molecule is CS(=O)(=O)NCC1CCOC2(CCN(C(=O)c3ccco3)CC2)C1. The number of sulfonamides is 1. The van der Waals surface area contributed by atoms with E-state index in [1.807, 2.05) is 0 Å². The number of hydrogen-bond acceptors (Lipinski definition) is 5. The van der Waals surface area contributed by atoms with Crippen LogP contribution in [0.1, 0.15) is 36.2 Å². The molecule has 1 aromatic rings. The van der Waals surface area contributed by atoms with Gasteiger partial charge in [0.15, 0.2) is 5.76 Å². The average molecular weight is 356 g/mol. The van der Waals surface area contributed by atoms with E-state index in [0.717, 1.165) is 25.7 Å². The molecule has 2 aliphatic heterocycles. The van der Waals surface area contributed by atoms with E-state index < -0.39 is 10.0 Å². The van der Waals surface area contributed by atoms with Gasteiger partial charge in [-0.25, -0.2) is 13.1 Å². The average Bonchev–Trinajstić information content (AvgIpc) is 3.07. The number of nitrogens with one attached hydrogen (secondary N) is 1. The Bertz CT molecular complexity index is 663. The quantitative estimate of drug-likeness (QED) is 0.876. The first-order valence-electron chi connectivity index (χ1n) is 8.28. The van der Waals surface area contributed by atoms with Gasteiger partial charge < -0.3 is 14.1 Å². The molecule has 1 amide bonds. The predicted octanol–water partition coefficient (Wildman–Crippen LogP) is 1.23. The highest BCUT2D eigenvalue weighted by atomic mass is 32.2. The van der Waals surface area contributed by atoms with E-state index in [1.165, 1.54) is 12.5 Å². The number of hydrogen-bond donors (Lipinski definition) is 1. The van der Waals surface area contributed by atoms with Gasteiger partial charge in [-0.2, -0.15) is 0 Å². The number of piperidine rings is 1. The van der Waals surface area contributed by atoms with Gasteiger partial charge in [-0.15, -0.1) is 0 Å². The van der Waals surface area contributed by atoms with Crippen LogP contribution in [0.5, 0.6) is 0 Å². The molecular formula is C16H24N2O5S. The molecule has 1 N–H and O–H groups in total. The van der Waals surface area contributed by atoms with Gasteiger partial charge in [-0.05, 0) is 43.7 Å². The van der Waals surface area contributed by atoms with Crippen LogP contribution in [0.3, 0.4) is 0 Å². The van der Waals surface area contributed by atoms with Crippen molar-refractivity contribution in [1.29, 1.82) is 0 Å². The molecule has 2 saturated heterocycles. The van der Waals surface area contributed by atoms with Crippen LogP contribution in [0.4, 0.5) is 0 Å². The lowest BCUT2D eigenvalue weighted by Gasteiger charge is -2.46. The van der Waals surface area contributed by atoms with Gasteiger partial charge in [0, 0.05) is 26.2 Å². The summed E-state index contributed by atoms with van der Waals surface area (Å²) in [6.07, 6.45) is 5.92. The van der Waals surface area contributed by atoms with Crippen molar-refractivity contribution in [3.63, 3.8) is 0 Å². The maximum atomic E-state index is 12.3. The summed E-state index contributed by atoms with van der Waals surface area (Å²) in [5, 5.41) is 0. The van der Waals surface area contributed by atoms with Crippen LogP contribution in [0.25, 0.3) is 0 Å². The normalized spacial score (nSPS) is 24.2. The van der Waals surface area contributed by atoms with Gasteiger partial charge in [0.2, 0.25) is 10.0 Å².